The lowest BCUT2D eigenvalue weighted by atomic mass is 10.1. The Hall–Kier alpha value is -2.57. The fourth-order valence-corrected chi connectivity index (χ4v) is 2.91. The molecule has 1 aromatic carbocycles. The molecule has 1 saturated heterocycles. The molecule has 3 rings (SSSR count). The van der Waals surface area contributed by atoms with Crippen LogP contribution in [0.5, 0.6) is 5.88 Å². The molecule has 0 unspecified atom stereocenters. The summed E-state index contributed by atoms with van der Waals surface area (Å²) < 4.78 is 11.6. The van der Waals surface area contributed by atoms with Gasteiger partial charge in [-0.1, -0.05) is 12.1 Å². The number of amides is 1. The van der Waals surface area contributed by atoms with E-state index < -0.39 is 5.60 Å². The molecule has 1 fully saturated rings. The Bertz CT molecular complexity index is 788. The Kier molecular flexibility index (Phi) is 5.15. The summed E-state index contributed by atoms with van der Waals surface area (Å²) in [6.45, 7) is 6.76. The van der Waals surface area contributed by atoms with E-state index in [1.54, 1.807) is 11.9 Å². The van der Waals surface area contributed by atoms with Gasteiger partial charge in [-0.2, -0.15) is 0 Å². The highest BCUT2D eigenvalue weighted by molar-refractivity contribution is 5.77. The van der Waals surface area contributed by atoms with E-state index in [9.17, 15) is 4.79 Å². The number of carbonyl (C=O) groups excluding carboxylic acids is 1. The van der Waals surface area contributed by atoms with Crippen LogP contribution < -0.4 is 10.1 Å². The zero-order chi connectivity index (χ0) is 18.7. The van der Waals surface area contributed by atoms with Gasteiger partial charge < -0.3 is 19.7 Å². The normalized spacial score (nSPS) is 17.8. The molecule has 0 saturated carbocycles. The van der Waals surface area contributed by atoms with Crippen molar-refractivity contribution in [3.05, 3.63) is 24.3 Å². The zero-order valence-corrected chi connectivity index (χ0v) is 15.8. The van der Waals surface area contributed by atoms with Crippen molar-refractivity contribution >= 4 is 22.9 Å². The highest BCUT2D eigenvalue weighted by atomic mass is 16.6. The molecule has 1 amide bonds. The van der Waals surface area contributed by atoms with E-state index in [0.29, 0.717) is 24.8 Å². The average molecular weight is 358 g/mol. The average Bonchev–Trinajstić information content (AvgIpc) is 2.60. The van der Waals surface area contributed by atoms with Crippen LogP contribution in [-0.4, -0.2) is 52.8 Å². The van der Waals surface area contributed by atoms with Crippen molar-refractivity contribution in [3.8, 4) is 5.88 Å². The van der Waals surface area contributed by atoms with E-state index in [0.717, 1.165) is 23.9 Å². The second-order valence-corrected chi connectivity index (χ2v) is 7.42. The molecule has 0 aliphatic carbocycles. The lowest BCUT2D eigenvalue weighted by molar-refractivity contribution is 0.00733. The standard InChI is InChI=1S/C19H26N4O3/c1-19(2,3)26-18(24)23-11-7-8-13(12-23)25-17-16(20-4)21-14-9-5-6-10-15(14)22-17/h5-6,9-10,13H,7-8,11-12H2,1-4H3,(H,20,21)/t13-/m1/s1. The van der Waals surface area contributed by atoms with E-state index in [-0.39, 0.29) is 12.2 Å². The van der Waals surface area contributed by atoms with Gasteiger partial charge in [0.15, 0.2) is 5.82 Å². The highest BCUT2D eigenvalue weighted by Crippen LogP contribution is 2.26. The van der Waals surface area contributed by atoms with Crippen LogP contribution in [0.4, 0.5) is 10.6 Å². The third-order valence-electron chi connectivity index (χ3n) is 4.08. The Balaban J connectivity index is 1.74. The first-order chi connectivity index (χ1) is 12.4. The minimum absolute atomic E-state index is 0.140. The summed E-state index contributed by atoms with van der Waals surface area (Å²) in [5, 5.41) is 3.04. The Morgan fingerprint density at radius 1 is 1.23 bits per heavy atom. The summed E-state index contributed by atoms with van der Waals surface area (Å²) >= 11 is 0. The number of likely N-dealkylation sites (tertiary alicyclic amines) is 1. The molecule has 0 radical (unpaired) electrons. The molecule has 1 atom stereocenters. The van der Waals surface area contributed by atoms with Gasteiger partial charge in [0.1, 0.15) is 11.7 Å². The molecule has 26 heavy (non-hydrogen) atoms. The number of para-hydroxylation sites is 2. The topological polar surface area (TPSA) is 76.6 Å². The van der Waals surface area contributed by atoms with Gasteiger partial charge in [0.2, 0.25) is 0 Å². The number of benzene rings is 1. The third kappa shape index (κ3) is 4.33. The van der Waals surface area contributed by atoms with Gasteiger partial charge in [-0.25, -0.2) is 14.8 Å². The van der Waals surface area contributed by atoms with Crippen LogP contribution in [0.2, 0.25) is 0 Å². The summed E-state index contributed by atoms with van der Waals surface area (Å²) in [4.78, 5) is 23.2. The minimum atomic E-state index is -0.506. The van der Waals surface area contributed by atoms with Crippen molar-refractivity contribution < 1.29 is 14.3 Å². The second-order valence-electron chi connectivity index (χ2n) is 7.42. The van der Waals surface area contributed by atoms with Gasteiger partial charge in [0, 0.05) is 13.6 Å². The molecule has 2 heterocycles. The fourth-order valence-electron chi connectivity index (χ4n) is 2.91. The van der Waals surface area contributed by atoms with Crippen LogP contribution >= 0.6 is 0 Å². The van der Waals surface area contributed by atoms with Crippen LogP contribution in [0.3, 0.4) is 0 Å². The lowest BCUT2D eigenvalue weighted by Crippen LogP contribution is -2.46. The molecule has 2 aromatic rings. The lowest BCUT2D eigenvalue weighted by Gasteiger charge is -2.34. The molecule has 1 aliphatic heterocycles. The van der Waals surface area contributed by atoms with Gasteiger partial charge in [0.05, 0.1) is 17.6 Å². The van der Waals surface area contributed by atoms with Crippen LogP contribution in [0, 0.1) is 0 Å². The van der Waals surface area contributed by atoms with Crippen molar-refractivity contribution in [3.63, 3.8) is 0 Å². The summed E-state index contributed by atoms with van der Waals surface area (Å²) in [6, 6.07) is 7.67. The Labute approximate surface area is 153 Å². The number of anilines is 1. The largest absolute Gasteiger partial charge is 0.470 e. The molecule has 1 aromatic heterocycles. The quantitative estimate of drug-likeness (QED) is 0.906. The number of rotatable bonds is 3. The number of nitrogens with zero attached hydrogens (tertiary/aromatic N) is 3. The summed E-state index contributed by atoms with van der Waals surface area (Å²) in [7, 11) is 1.79. The number of hydrogen-bond donors (Lipinski definition) is 1. The van der Waals surface area contributed by atoms with Crippen LogP contribution in [-0.2, 0) is 4.74 Å². The Morgan fingerprint density at radius 2 is 1.92 bits per heavy atom. The number of hydrogen-bond acceptors (Lipinski definition) is 6. The number of fused-ring (bicyclic) bond motifs is 1. The van der Waals surface area contributed by atoms with Crippen molar-refractivity contribution in [1.29, 1.82) is 0 Å². The van der Waals surface area contributed by atoms with Crippen LogP contribution in [0.1, 0.15) is 33.6 Å². The summed E-state index contributed by atoms with van der Waals surface area (Å²) in [6.07, 6.45) is 1.28. The maximum absolute atomic E-state index is 12.3. The zero-order valence-electron chi connectivity index (χ0n) is 15.8. The van der Waals surface area contributed by atoms with Gasteiger partial charge in [-0.05, 0) is 45.7 Å². The number of ether oxygens (including phenoxy) is 2. The molecule has 140 valence electrons. The molecule has 7 nitrogen and oxygen atoms in total. The minimum Gasteiger partial charge on any atom is -0.470 e. The first kappa shape index (κ1) is 18.2. The molecule has 0 spiro atoms. The SMILES string of the molecule is CNc1nc2ccccc2nc1O[C@@H]1CCCN(C(=O)OC(C)(C)C)C1. The monoisotopic (exact) mass is 358 g/mol. The predicted molar refractivity (Wildman–Crippen MR) is 101 cm³/mol. The maximum Gasteiger partial charge on any atom is 0.410 e. The number of piperidine rings is 1. The first-order valence-electron chi connectivity index (χ1n) is 8.95. The van der Waals surface area contributed by atoms with E-state index in [1.165, 1.54) is 0 Å². The van der Waals surface area contributed by atoms with E-state index >= 15 is 0 Å². The molecular weight excluding hydrogens is 332 g/mol. The first-order valence-corrected chi connectivity index (χ1v) is 8.95. The maximum atomic E-state index is 12.3. The number of carbonyl (C=O) groups is 1. The van der Waals surface area contributed by atoms with Crippen molar-refractivity contribution in [2.45, 2.75) is 45.3 Å². The third-order valence-corrected chi connectivity index (χ3v) is 4.08. The molecule has 7 heteroatoms. The van der Waals surface area contributed by atoms with Crippen molar-refractivity contribution in [2.75, 3.05) is 25.5 Å². The van der Waals surface area contributed by atoms with Crippen LogP contribution in [0.15, 0.2) is 24.3 Å². The van der Waals surface area contributed by atoms with E-state index in [2.05, 4.69) is 15.3 Å². The van der Waals surface area contributed by atoms with Gasteiger partial charge in [-0.15, -0.1) is 0 Å². The molecule has 1 N–H and O–H groups in total. The van der Waals surface area contributed by atoms with E-state index in [1.807, 2.05) is 45.0 Å². The smallest absolute Gasteiger partial charge is 0.410 e. The number of nitrogens with one attached hydrogen (secondary N) is 1. The van der Waals surface area contributed by atoms with Gasteiger partial charge in [0.25, 0.3) is 5.88 Å². The highest BCUT2D eigenvalue weighted by Gasteiger charge is 2.29. The second kappa shape index (κ2) is 7.35. The van der Waals surface area contributed by atoms with Gasteiger partial charge >= 0.3 is 6.09 Å². The van der Waals surface area contributed by atoms with Crippen molar-refractivity contribution in [1.82, 2.24) is 14.9 Å². The van der Waals surface area contributed by atoms with E-state index in [4.69, 9.17) is 9.47 Å². The Morgan fingerprint density at radius 3 is 2.58 bits per heavy atom. The van der Waals surface area contributed by atoms with Crippen molar-refractivity contribution in [2.24, 2.45) is 0 Å². The molecular formula is C19H26N4O3. The van der Waals surface area contributed by atoms with Crippen LogP contribution in [0.25, 0.3) is 11.0 Å². The fraction of sp³-hybridized carbons (Fsp3) is 0.526. The van der Waals surface area contributed by atoms with Gasteiger partial charge in [-0.3, -0.25) is 0 Å². The summed E-state index contributed by atoms with van der Waals surface area (Å²) in [5.74, 6) is 1.06. The molecule has 1 aliphatic rings. The number of aromatic nitrogens is 2. The molecule has 0 bridgehead atoms. The predicted octanol–water partition coefficient (Wildman–Crippen LogP) is 3.45. The summed E-state index contributed by atoms with van der Waals surface area (Å²) in [5.41, 5.74) is 1.08.